The van der Waals surface area contributed by atoms with Gasteiger partial charge in [0.05, 0.1) is 11.6 Å². The molecule has 0 atom stereocenters. The molecule has 0 radical (unpaired) electrons. The van der Waals surface area contributed by atoms with E-state index < -0.39 is 0 Å². The summed E-state index contributed by atoms with van der Waals surface area (Å²) in [5.74, 6) is 0.980. The van der Waals surface area contributed by atoms with Crippen LogP contribution in [0.1, 0.15) is 0 Å². The molecular weight excluding hydrogens is 226 g/mol. The summed E-state index contributed by atoms with van der Waals surface area (Å²) < 4.78 is 0. The zero-order valence-corrected chi connectivity index (χ0v) is 9.90. The third kappa shape index (κ3) is 2.84. The van der Waals surface area contributed by atoms with Crippen molar-refractivity contribution >= 4 is 17.4 Å². The third-order valence-electron chi connectivity index (χ3n) is 2.82. The third-order valence-corrected chi connectivity index (χ3v) is 3.05. The Bertz CT molecular complexity index is 323. The zero-order chi connectivity index (χ0) is 11.4. The van der Waals surface area contributed by atoms with Crippen LogP contribution in [0.5, 0.6) is 0 Å². The number of aliphatic hydroxyl groups excluding tert-OH is 1. The van der Waals surface area contributed by atoms with Crippen molar-refractivity contribution in [3.63, 3.8) is 0 Å². The van der Waals surface area contributed by atoms with Gasteiger partial charge < -0.3 is 10.0 Å². The van der Waals surface area contributed by atoms with E-state index in [1.807, 2.05) is 12.1 Å². The predicted octanol–water partition coefficient (Wildman–Crippen LogP) is 0.849. The standard InChI is InChI=1S/C11H16ClN3O/c12-10-1-2-11(13-9-10)15-5-3-14(4-6-15)7-8-16/h1-2,9,16H,3-8H2. The normalized spacial score (nSPS) is 17.8. The van der Waals surface area contributed by atoms with E-state index in [4.69, 9.17) is 16.7 Å². The predicted molar refractivity (Wildman–Crippen MR) is 65.0 cm³/mol. The summed E-state index contributed by atoms with van der Waals surface area (Å²) in [5, 5.41) is 9.52. The highest BCUT2D eigenvalue weighted by Crippen LogP contribution is 2.15. The van der Waals surface area contributed by atoms with Gasteiger partial charge in [-0.25, -0.2) is 4.98 Å². The summed E-state index contributed by atoms with van der Waals surface area (Å²) in [4.78, 5) is 8.80. The van der Waals surface area contributed by atoms with Crippen LogP contribution in [-0.2, 0) is 0 Å². The van der Waals surface area contributed by atoms with E-state index in [-0.39, 0.29) is 6.61 Å². The number of hydrogen-bond donors (Lipinski definition) is 1. The maximum absolute atomic E-state index is 8.85. The topological polar surface area (TPSA) is 39.6 Å². The van der Waals surface area contributed by atoms with Crippen molar-refractivity contribution in [1.82, 2.24) is 9.88 Å². The minimum absolute atomic E-state index is 0.235. The summed E-state index contributed by atoms with van der Waals surface area (Å²) in [6.45, 7) is 4.86. The summed E-state index contributed by atoms with van der Waals surface area (Å²) in [6.07, 6.45) is 1.68. The summed E-state index contributed by atoms with van der Waals surface area (Å²) in [6, 6.07) is 3.81. The Kier molecular flexibility index (Phi) is 3.98. The van der Waals surface area contributed by atoms with Crippen LogP contribution in [0.25, 0.3) is 0 Å². The first-order chi connectivity index (χ1) is 7.79. The summed E-state index contributed by atoms with van der Waals surface area (Å²) >= 11 is 5.80. The number of pyridine rings is 1. The molecule has 1 aliphatic rings. The average Bonchev–Trinajstić information content (AvgIpc) is 2.32. The van der Waals surface area contributed by atoms with E-state index in [0.29, 0.717) is 5.02 Å². The number of aliphatic hydroxyl groups is 1. The van der Waals surface area contributed by atoms with E-state index in [1.54, 1.807) is 6.20 Å². The molecule has 1 N–H and O–H groups in total. The Morgan fingerprint density at radius 1 is 1.25 bits per heavy atom. The quantitative estimate of drug-likeness (QED) is 0.852. The lowest BCUT2D eigenvalue weighted by Crippen LogP contribution is -2.47. The Labute approximate surface area is 100 Å². The zero-order valence-electron chi connectivity index (χ0n) is 9.14. The molecule has 2 heterocycles. The molecule has 0 unspecified atom stereocenters. The first kappa shape index (κ1) is 11.6. The van der Waals surface area contributed by atoms with Crippen molar-refractivity contribution in [2.24, 2.45) is 0 Å². The number of piperazine rings is 1. The van der Waals surface area contributed by atoms with Crippen LogP contribution in [0.15, 0.2) is 18.3 Å². The number of β-amino-alcohol motifs (C(OH)–C–C–N with tert-alkyl or cyclic N) is 1. The van der Waals surface area contributed by atoms with E-state index in [2.05, 4.69) is 14.8 Å². The molecular formula is C11H16ClN3O. The fourth-order valence-corrected chi connectivity index (χ4v) is 2.01. The van der Waals surface area contributed by atoms with Crippen LogP contribution in [0, 0.1) is 0 Å². The SMILES string of the molecule is OCCN1CCN(c2ccc(Cl)cn2)CC1. The Morgan fingerprint density at radius 2 is 2.00 bits per heavy atom. The summed E-state index contributed by atoms with van der Waals surface area (Å²) in [7, 11) is 0. The largest absolute Gasteiger partial charge is 0.395 e. The van der Waals surface area contributed by atoms with Gasteiger partial charge in [-0.2, -0.15) is 0 Å². The molecule has 1 aliphatic heterocycles. The van der Waals surface area contributed by atoms with E-state index in [1.165, 1.54) is 0 Å². The fourth-order valence-electron chi connectivity index (χ4n) is 1.90. The molecule has 1 fully saturated rings. The smallest absolute Gasteiger partial charge is 0.128 e. The fraction of sp³-hybridized carbons (Fsp3) is 0.545. The lowest BCUT2D eigenvalue weighted by Gasteiger charge is -2.35. The van der Waals surface area contributed by atoms with Gasteiger partial charge in [0.15, 0.2) is 0 Å². The van der Waals surface area contributed by atoms with E-state index >= 15 is 0 Å². The molecule has 0 bridgehead atoms. The number of aromatic nitrogens is 1. The Balaban J connectivity index is 1.91. The van der Waals surface area contributed by atoms with Gasteiger partial charge in [-0.1, -0.05) is 11.6 Å². The second-order valence-corrected chi connectivity index (χ2v) is 4.32. The van der Waals surface area contributed by atoms with Crippen molar-refractivity contribution in [3.8, 4) is 0 Å². The molecule has 2 rings (SSSR count). The molecule has 0 aliphatic carbocycles. The van der Waals surface area contributed by atoms with Crippen LogP contribution in [0.2, 0.25) is 5.02 Å². The maximum Gasteiger partial charge on any atom is 0.128 e. The number of rotatable bonds is 3. The lowest BCUT2D eigenvalue weighted by atomic mass is 10.3. The first-order valence-corrected chi connectivity index (χ1v) is 5.87. The molecule has 5 heteroatoms. The van der Waals surface area contributed by atoms with Gasteiger partial charge in [0.2, 0.25) is 0 Å². The maximum atomic E-state index is 8.85. The minimum atomic E-state index is 0.235. The molecule has 16 heavy (non-hydrogen) atoms. The first-order valence-electron chi connectivity index (χ1n) is 5.49. The van der Waals surface area contributed by atoms with Gasteiger partial charge >= 0.3 is 0 Å². The highest BCUT2D eigenvalue weighted by molar-refractivity contribution is 6.30. The van der Waals surface area contributed by atoms with E-state index in [9.17, 15) is 0 Å². The number of halogens is 1. The Hall–Kier alpha value is -0.840. The van der Waals surface area contributed by atoms with Crippen molar-refractivity contribution < 1.29 is 5.11 Å². The monoisotopic (exact) mass is 241 g/mol. The van der Waals surface area contributed by atoms with Gasteiger partial charge in [-0.05, 0) is 12.1 Å². The van der Waals surface area contributed by atoms with Crippen molar-refractivity contribution in [3.05, 3.63) is 23.4 Å². The van der Waals surface area contributed by atoms with Crippen molar-refractivity contribution in [2.45, 2.75) is 0 Å². The van der Waals surface area contributed by atoms with Crippen molar-refractivity contribution in [2.75, 3.05) is 44.2 Å². The number of nitrogens with zero attached hydrogens (tertiary/aromatic N) is 3. The average molecular weight is 242 g/mol. The highest BCUT2D eigenvalue weighted by Gasteiger charge is 2.16. The highest BCUT2D eigenvalue weighted by atomic mass is 35.5. The molecule has 1 saturated heterocycles. The van der Waals surface area contributed by atoms with Gasteiger partial charge in [-0.3, -0.25) is 4.90 Å². The molecule has 88 valence electrons. The van der Waals surface area contributed by atoms with Crippen LogP contribution >= 0.6 is 11.6 Å². The second-order valence-electron chi connectivity index (χ2n) is 3.89. The van der Waals surface area contributed by atoms with Gasteiger partial charge in [0.1, 0.15) is 5.82 Å². The molecule has 4 nitrogen and oxygen atoms in total. The molecule has 1 aromatic heterocycles. The van der Waals surface area contributed by atoms with Crippen molar-refractivity contribution in [1.29, 1.82) is 0 Å². The van der Waals surface area contributed by atoms with Crippen LogP contribution in [0.3, 0.4) is 0 Å². The van der Waals surface area contributed by atoms with Crippen LogP contribution in [0.4, 0.5) is 5.82 Å². The molecule has 1 aromatic rings. The Morgan fingerprint density at radius 3 is 2.56 bits per heavy atom. The minimum Gasteiger partial charge on any atom is -0.395 e. The second kappa shape index (κ2) is 5.48. The van der Waals surface area contributed by atoms with Crippen LogP contribution < -0.4 is 4.90 Å². The molecule has 0 spiro atoms. The van der Waals surface area contributed by atoms with E-state index in [0.717, 1.165) is 38.5 Å². The molecule has 0 saturated carbocycles. The number of anilines is 1. The van der Waals surface area contributed by atoms with Crippen LogP contribution in [-0.4, -0.2) is 54.3 Å². The number of hydrogen-bond acceptors (Lipinski definition) is 4. The summed E-state index contributed by atoms with van der Waals surface area (Å²) in [5.41, 5.74) is 0. The molecule has 0 aromatic carbocycles. The van der Waals surface area contributed by atoms with Gasteiger partial charge in [-0.15, -0.1) is 0 Å². The lowest BCUT2D eigenvalue weighted by molar-refractivity contribution is 0.188. The van der Waals surface area contributed by atoms with Gasteiger partial charge in [0.25, 0.3) is 0 Å². The molecule has 0 amide bonds. The van der Waals surface area contributed by atoms with Gasteiger partial charge in [0, 0.05) is 38.9 Å².